The van der Waals surface area contributed by atoms with Gasteiger partial charge < -0.3 is 15.9 Å². The third kappa shape index (κ3) is 7.19. The van der Waals surface area contributed by atoms with E-state index in [-0.39, 0.29) is 24.4 Å². The molecule has 0 aromatic heterocycles. The zero-order valence-corrected chi connectivity index (χ0v) is 13.2. The van der Waals surface area contributed by atoms with Gasteiger partial charge in [0.25, 0.3) is 0 Å². The first-order valence-electron chi connectivity index (χ1n) is 7.47. The number of ketones is 1. The summed E-state index contributed by atoms with van der Waals surface area (Å²) in [6.07, 6.45) is 2.58. The minimum atomic E-state index is -0.300. The van der Waals surface area contributed by atoms with Crippen LogP contribution < -0.4 is 16.6 Å². The zero-order valence-electron chi connectivity index (χ0n) is 13.2. The minimum Gasteiger partial charge on any atom is -0.461 e. The van der Waals surface area contributed by atoms with E-state index in [1.54, 1.807) is 6.92 Å². The average Bonchev–Trinajstić information content (AvgIpc) is 2.49. The molecular formula is C16H25N3O3. The van der Waals surface area contributed by atoms with E-state index < -0.39 is 0 Å². The van der Waals surface area contributed by atoms with Crippen LogP contribution in [0.1, 0.15) is 38.7 Å². The van der Waals surface area contributed by atoms with E-state index >= 15 is 0 Å². The molecule has 6 nitrogen and oxygen atoms in total. The summed E-state index contributed by atoms with van der Waals surface area (Å²) < 4.78 is 4.92. The highest BCUT2D eigenvalue weighted by Gasteiger charge is 2.12. The Labute approximate surface area is 131 Å². The summed E-state index contributed by atoms with van der Waals surface area (Å²) in [5.74, 6) is -0.207. The fraction of sp³-hybridized carbons (Fsp3) is 0.500. The maximum atomic E-state index is 11.6. The molecule has 0 radical (unpaired) electrons. The van der Waals surface area contributed by atoms with Crippen molar-refractivity contribution in [3.8, 4) is 0 Å². The van der Waals surface area contributed by atoms with E-state index in [2.05, 4.69) is 10.9 Å². The first-order valence-corrected chi connectivity index (χ1v) is 7.47. The summed E-state index contributed by atoms with van der Waals surface area (Å²) in [6, 6.07) is 7.23. The van der Waals surface area contributed by atoms with Crippen LogP contribution in [0.5, 0.6) is 0 Å². The summed E-state index contributed by atoms with van der Waals surface area (Å²) in [5, 5.41) is 0. The molecule has 0 saturated carbocycles. The Kier molecular flexibility index (Phi) is 8.17. The fourth-order valence-corrected chi connectivity index (χ4v) is 1.91. The smallest absolute Gasteiger partial charge is 0.302 e. The molecule has 22 heavy (non-hydrogen) atoms. The van der Waals surface area contributed by atoms with Crippen LogP contribution in [-0.2, 0) is 20.9 Å². The predicted octanol–water partition coefficient (Wildman–Crippen LogP) is 1.75. The van der Waals surface area contributed by atoms with Gasteiger partial charge in [-0.25, -0.2) is 5.43 Å². The number of ether oxygens (including phenoxy) is 1. The largest absolute Gasteiger partial charge is 0.461 e. The quantitative estimate of drug-likeness (QED) is 0.346. The maximum absolute atomic E-state index is 11.6. The first kappa shape index (κ1) is 18.1. The van der Waals surface area contributed by atoms with Gasteiger partial charge in [0, 0.05) is 12.6 Å². The molecular weight excluding hydrogens is 282 g/mol. The monoisotopic (exact) mass is 307 g/mol. The number of hydrogen-bond acceptors (Lipinski definition) is 6. The molecule has 1 atom stereocenters. The Hall–Kier alpha value is -1.92. The van der Waals surface area contributed by atoms with Crippen molar-refractivity contribution in [1.82, 2.24) is 5.43 Å². The standard InChI is InChI=1S/C16H25N3O3/c1-12(20)16(5-3-4-10-17)19-18-15-8-6-14(7-9-15)11-22-13(2)21/h6-9,16,18-19H,3-5,10-11,17H2,1-2H3/t16-/m0/s1. The second-order valence-corrected chi connectivity index (χ2v) is 5.19. The van der Waals surface area contributed by atoms with Gasteiger partial charge in [-0.2, -0.15) is 0 Å². The lowest BCUT2D eigenvalue weighted by atomic mass is 10.1. The lowest BCUT2D eigenvalue weighted by Crippen LogP contribution is -2.39. The van der Waals surface area contributed by atoms with Gasteiger partial charge in [-0.1, -0.05) is 18.6 Å². The molecule has 1 rings (SSSR count). The molecule has 0 aliphatic rings. The fourth-order valence-electron chi connectivity index (χ4n) is 1.91. The molecule has 0 heterocycles. The third-order valence-corrected chi connectivity index (χ3v) is 3.22. The van der Waals surface area contributed by atoms with Crippen molar-refractivity contribution in [2.45, 2.75) is 45.8 Å². The topological polar surface area (TPSA) is 93.4 Å². The number of hydrogen-bond donors (Lipinski definition) is 3. The molecule has 0 saturated heterocycles. The number of anilines is 1. The number of hydrazine groups is 1. The molecule has 0 aliphatic carbocycles. The van der Waals surface area contributed by atoms with Crippen LogP contribution in [0.2, 0.25) is 0 Å². The highest BCUT2D eigenvalue weighted by Crippen LogP contribution is 2.10. The van der Waals surface area contributed by atoms with E-state index in [9.17, 15) is 9.59 Å². The second kappa shape index (κ2) is 9.92. The SMILES string of the molecule is CC(=O)OCc1ccc(NN[C@@H](CCCCN)C(C)=O)cc1. The number of carbonyl (C=O) groups excluding carboxylic acids is 2. The maximum Gasteiger partial charge on any atom is 0.302 e. The van der Waals surface area contributed by atoms with Gasteiger partial charge in [0.05, 0.1) is 6.04 Å². The molecule has 0 fully saturated rings. The lowest BCUT2D eigenvalue weighted by Gasteiger charge is -2.17. The molecule has 6 heteroatoms. The predicted molar refractivity (Wildman–Crippen MR) is 86.0 cm³/mol. The summed E-state index contributed by atoms with van der Waals surface area (Å²) in [7, 11) is 0. The van der Waals surface area contributed by atoms with Crippen molar-refractivity contribution >= 4 is 17.4 Å². The number of esters is 1. The number of carbonyl (C=O) groups is 2. The lowest BCUT2D eigenvalue weighted by molar-refractivity contribution is -0.142. The number of nitrogens with one attached hydrogen (secondary N) is 2. The Morgan fingerprint density at radius 1 is 1.18 bits per heavy atom. The summed E-state index contributed by atoms with van der Waals surface area (Å²) in [4.78, 5) is 22.3. The van der Waals surface area contributed by atoms with E-state index in [1.165, 1.54) is 6.92 Å². The van der Waals surface area contributed by atoms with Gasteiger partial charge >= 0.3 is 5.97 Å². The number of Topliss-reactive ketones (excluding diaryl/α,β-unsaturated/α-hetero) is 1. The van der Waals surface area contributed by atoms with Crippen LogP contribution in [0.3, 0.4) is 0 Å². The summed E-state index contributed by atoms with van der Waals surface area (Å²) >= 11 is 0. The normalized spacial score (nSPS) is 11.8. The van der Waals surface area contributed by atoms with Crippen molar-refractivity contribution in [3.05, 3.63) is 29.8 Å². The number of benzene rings is 1. The Bertz CT molecular complexity index is 474. The molecule has 0 unspecified atom stereocenters. The average molecular weight is 307 g/mol. The number of rotatable bonds is 10. The van der Waals surface area contributed by atoms with Gasteiger partial charge in [0.15, 0.2) is 0 Å². The van der Waals surface area contributed by atoms with Gasteiger partial charge in [-0.15, -0.1) is 0 Å². The van der Waals surface area contributed by atoms with Gasteiger partial charge in [-0.3, -0.25) is 9.59 Å². The van der Waals surface area contributed by atoms with Crippen LogP contribution in [-0.4, -0.2) is 24.3 Å². The second-order valence-electron chi connectivity index (χ2n) is 5.19. The highest BCUT2D eigenvalue weighted by atomic mass is 16.5. The molecule has 1 aromatic carbocycles. The molecule has 0 aliphatic heterocycles. The van der Waals surface area contributed by atoms with E-state index in [0.29, 0.717) is 6.54 Å². The Morgan fingerprint density at radius 3 is 2.41 bits per heavy atom. The number of unbranched alkanes of at least 4 members (excludes halogenated alkanes) is 1. The van der Waals surface area contributed by atoms with Crippen LogP contribution in [0.25, 0.3) is 0 Å². The Morgan fingerprint density at radius 2 is 1.86 bits per heavy atom. The van der Waals surface area contributed by atoms with Gasteiger partial charge in [0.2, 0.25) is 0 Å². The van der Waals surface area contributed by atoms with Crippen LogP contribution in [0, 0.1) is 0 Å². The van der Waals surface area contributed by atoms with Crippen LogP contribution in [0.4, 0.5) is 5.69 Å². The van der Waals surface area contributed by atoms with Crippen LogP contribution in [0.15, 0.2) is 24.3 Å². The van der Waals surface area contributed by atoms with Crippen molar-refractivity contribution in [1.29, 1.82) is 0 Å². The Balaban J connectivity index is 2.44. The third-order valence-electron chi connectivity index (χ3n) is 3.22. The minimum absolute atomic E-state index is 0.0935. The van der Waals surface area contributed by atoms with Crippen molar-refractivity contribution in [2.24, 2.45) is 5.73 Å². The zero-order chi connectivity index (χ0) is 16.4. The molecule has 122 valence electrons. The van der Waals surface area contributed by atoms with Crippen molar-refractivity contribution in [2.75, 3.05) is 12.0 Å². The van der Waals surface area contributed by atoms with E-state index in [0.717, 1.165) is 30.5 Å². The molecule has 0 spiro atoms. The van der Waals surface area contributed by atoms with Crippen molar-refractivity contribution in [3.63, 3.8) is 0 Å². The molecule has 0 amide bonds. The molecule has 1 aromatic rings. The summed E-state index contributed by atoms with van der Waals surface area (Å²) in [5.41, 5.74) is 13.3. The molecule has 4 N–H and O–H groups in total. The van der Waals surface area contributed by atoms with Crippen molar-refractivity contribution < 1.29 is 14.3 Å². The van der Waals surface area contributed by atoms with E-state index in [4.69, 9.17) is 10.5 Å². The molecule has 0 bridgehead atoms. The van der Waals surface area contributed by atoms with E-state index in [1.807, 2.05) is 24.3 Å². The first-order chi connectivity index (χ1) is 10.5. The highest BCUT2D eigenvalue weighted by molar-refractivity contribution is 5.81. The van der Waals surface area contributed by atoms with Crippen LogP contribution >= 0.6 is 0 Å². The van der Waals surface area contributed by atoms with Gasteiger partial charge in [-0.05, 0) is 44.0 Å². The summed E-state index contributed by atoms with van der Waals surface area (Å²) in [6.45, 7) is 3.86. The number of nitrogens with two attached hydrogens (primary N) is 1. The van der Waals surface area contributed by atoms with Gasteiger partial charge in [0.1, 0.15) is 12.4 Å².